The lowest BCUT2D eigenvalue weighted by Gasteiger charge is -2.33. The van der Waals surface area contributed by atoms with Gasteiger partial charge >= 0.3 is 0 Å². The van der Waals surface area contributed by atoms with Gasteiger partial charge in [0.1, 0.15) is 0 Å². The maximum absolute atomic E-state index is 13.1. The van der Waals surface area contributed by atoms with Crippen LogP contribution >= 0.6 is 11.8 Å². The van der Waals surface area contributed by atoms with Crippen LogP contribution in [0, 0.1) is 11.3 Å². The average Bonchev–Trinajstić information content (AvgIpc) is 2.72. The van der Waals surface area contributed by atoms with Crippen LogP contribution in [0.25, 0.3) is 0 Å². The van der Waals surface area contributed by atoms with Gasteiger partial charge in [0.15, 0.2) is 0 Å². The van der Waals surface area contributed by atoms with E-state index in [9.17, 15) is 9.59 Å². The van der Waals surface area contributed by atoms with Crippen molar-refractivity contribution in [1.82, 2.24) is 10.2 Å². The highest BCUT2D eigenvalue weighted by Gasteiger charge is 2.26. The highest BCUT2D eigenvalue weighted by Crippen LogP contribution is 2.28. The fourth-order valence-electron chi connectivity index (χ4n) is 3.34. The maximum atomic E-state index is 13.1. The minimum Gasteiger partial charge on any atom is -0.352 e. The lowest BCUT2D eigenvalue weighted by molar-refractivity contribution is -0.120. The Kier molecular flexibility index (Phi) is 6.72. The molecule has 2 amide bonds. The van der Waals surface area contributed by atoms with Crippen LogP contribution in [0.2, 0.25) is 0 Å². The number of likely N-dealkylation sites (tertiary alicyclic amines) is 1. The van der Waals surface area contributed by atoms with Gasteiger partial charge in [0, 0.05) is 36.7 Å². The van der Waals surface area contributed by atoms with Crippen LogP contribution in [0.4, 0.5) is 0 Å². The summed E-state index contributed by atoms with van der Waals surface area (Å²) in [6, 6.07) is 17.3. The van der Waals surface area contributed by atoms with E-state index in [0.717, 1.165) is 29.1 Å². The zero-order chi connectivity index (χ0) is 19.9. The third-order valence-electron chi connectivity index (χ3n) is 4.71. The van der Waals surface area contributed by atoms with Gasteiger partial charge in [-0.25, -0.2) is 0 Å². The zero-order valence-electron chi connectivity index (χ0n) is 15.9. The van der Waals surface area contributed by atoms with Crippen molar-refractivity contribution in [2.75, 3.05) is 13.1 Å². The van der Waals surface area contributed by atoms with E-state index in [0.29, 0.717) is 24.2 Å². The average molecular weight is 394 g/mol. The number of carbonyl (C=O) groups excluding carboxylic acids is 2. The Labute approximate surface area is 169 Å². The summed E-state index contributed by atoms with van der Waals surface area (Å²) in [5.74, 6) is 0.681. The number of carbonyl (C=O) groups is 2. The van der Waals surface area contributed by atoms with Crippen molar-refractivity contribution in [2.24, 2.45) is 0 Å². The molecule has 0 saturated carbocycles. The highest BCUT2D eigenvalue weighted by molar-refractivity contribution is 7.98. The fourth-order valence-corrected chi connectivity index (χ4v) is 4.34. The predicted octanol–water partition coefficient (Wildman–Crippen LogP) is 3.59. The SMILES string of the molecule is CC(=O)NC1CCCN(C(=O)c2ccccc2SCc2ccc(C#N)cc2)C1. The van der Waals surface area contributed by atoms with E-state index < -0.39 is 0 Å². The molecule has 0 aromatic heterocycles. The summed E-state index contributed by atoms with van der Waals surface area (Å²) in [4.78, 5) is 27.2. The molecule has 0 aliphatic carbocycles. The molecule has 0 bridgehead atoms. The summed E-state index contributed by atoms with van der Waals surface area (Å²) < 4.78 is 0. The molecule has 0 spiro atoms. The number of benzene rings is 2. The van der Waals surface area contributed by atoms with Gasteiger partial charge in [-0.05, 0) is 42.7 Å². The molecule has 6 heteroatoms. The van der Waals surface area contributed by atoms with Crippen LogP contribution in [-0.2, 0) is 10.5 Å². The lowest BCUT2D eigenvalue weighted by atomic mass is 10.0. The molecule has 1 heterocycles. The second-order valence-corrected chi connectivity index (χ2v) is 7.90. The minimum atomic E-state index is -0.0577. The van der Waals surface area contributed by atoms with Gasteiger partial charge < -0.3 is 10.2 Å². The molecule has 1 atom stereocenters. The molecule has 28 heavy (non-hydrogen) atoms. The van der Waals surface area contributed by atoms with Gasteiger partial charge in [0.25, 0.3) is 5.91 Å². The minimum absolute atomic E-state index is 0.0120. The van der Waals surface area contributed by atoms with Gasteiger partial charge in [-0.1, -0.05) is 24.3 Å². The first-order valence-electron chi connectivity index (χ1n) is 9.34. The molecule has 1 aliphatic rings. The van der Waals surface area contributed by atoms with Crippen molar-refractivity contribution in [2.45, 2.75) is 36.5 Å². The van der Waals surface area contributed by atoms with Crippen LogP contribution < -0.4 is 5.32 Å². The number of piperidine rings is 1. The summed E-state index contributed by atoms with van der Waals surface area (Å²) in [6.45, 7) is 2.77. The normalized spacial score (nSPS) is 16.3. The molecule has 144 valence electrons. The molecule has 2 aromatic rings. The zero-order valence-corrected chi connectivity index (χ0v) is 16.7. The summed E-state index contributed by atoms with van der Waals surface area (Å²) >= 11 is 1.62. The Bertz CT molecular complexity index is 889. The number of thioether (sulfide) groups is 1. The number of nitrogens with one attached hydrogen (secondary N) is 1. The first-order chi connectivity index (χ1) is 13.6. The van der Waals surface area contributed by atoms with Crippen molar-refractivity contribution < 1.29 is 9.59 Å². The Balaban J connectivity index is 1.69. The molecule has 1 N–H and O–H groups in total. The second kappa shape index (κ2) is 9.43. The van der Waals surface area contributed by atoms with Gasteiger partial charge in [-0.2, -0.15) is 5.26 Å². The van der Waals surface area contributed by atoms with Crippen molar-refractivity contribution in [3.05, 3.63) is 65.2 Å². The number of amides is 2. The smallest absolute Gasteiger partial charge is 0.255 e. The van der Waals surface area contributed by atoms with Crippen LogP contribution in [0.1, 0.15) is 41.3 Å². The molecule has 1 aliphatic heterocycles. The summed E-state index contributed by atoms with van der Waals surface area (Å²) in [5.41, 5.74) is 2.45. The van der Waals surface area contributed by atoms with Crippen molar-refractivity contribution in [3.63, 3.8) is 0 Å². The quantitative estimate of drug-likeness (QED) is 0.788. The Morgan fingerprint density at radius 2 is 1.96 bits per heavy atom. The van der Waals surface area contributed by atoms with Crippen molar-refractivity contribution in [3.8, 4) is 6.07 Å². The number of nitrogens with zero attached hydrogens (tertiary/aromatic N) is 2. The first-order valence-corrected chi connectivity index (χ1v) is 10.3. The lowest BCUT2D eigenvalue weighted by Crippen LogP contribution is -2.49. The fraction of sp³-hybridized carbons (Fsp3) is 0.318. The molecule has 3 rings (SSSR count). The number of hydrogen-bond acceptors (Lipinski definition) is 4. The van der Waals surface area contributed by atoms with E-state index in [4.69, 9.17) is 5.26 Å². The highest BCUT2D eigenvalue weighted by atomic mass is 32.2. The molecule has 1 fully saturated rings. The van der Waals surface area contributed by atoms with E-state index >= 15 is 0 Å². The largest absolute Gasteiger partial charge is 0.352 e. The molecule has 2 aromatic carbocycles. The van der Waals surface area contributed by atoms with E-state index in [-0.39, 0.29) is 17.9 Å². The van der Waals surface area contributed by atoms with Gasteiger partial charge in [-0.3, -0.25) is 9.59 Å². The van der Waals surface area contributed by atoms with E-state index in [1.807, 2.05) is 53.4 Å². The standard InChI is InChI=1S/C22H23N3O2S/c1-16(26)24-19-5-4-12-25(14-19)22(27)20-6-2-3-7-21(20)28-15-18-10-8-17(13-23)9-11-18/h2-3,6-11,19H,4-5,12,14-15H2,1H3,(H,24,26). The number of nitriles is 1. The molecule has 1 unspecified atom stereocenters. The number of hydrogen-bond donors (Lipinski definition) is 1. The molecule has 5 nitrogen and oxygen atoms in total. The summed E-state index contributed by atoms with van der Waals surface area (Å²) in [6.07, 6.45) is 1.79. The summed E-state index contributed by atoms with van der Waals surface area (Å²) in [5, 5.41) is 11.8. The van der Waals surface area contributed by atoms with E-state index in [2.05, 4.69) is 11.4 Å². The Morgan fingerprint density at radius 1 is 1.21 bits per heavy atom. The molecule has 1 saturated heterocycles. The second-order valence-electron chi connectivity index (χ2n) is 6.88. The topological polar surface area (TPSA) is 73.2 Å². The van der Waals surface area contributed by atoms with Crippen molar-refractivity contribution >= 4 is 23.6 Å². The number of rotatable bonds is 5. The Morgan fingerprint density at radius 3 is 2.68 bits per heavy atom. The summed E-state index contributed by atoms with van der Waals surface area (Å²) in [7, 11) is 0. The van der Waals surface area contributed by atoms with E-state index in [1.54, 1.807) is 11.8 Å². The third-order valence-corrected chi connectivity index (χ3v) is 5.86. The molecular weight excluding hydrogens is 370 g/mol. The monoisotopic (exact) mass is 393 g/mol. The van der Waals surface area contributed by atoms with Crippen molar-refractivity contribution in [1.29, 1.82) is 5.26 Å². The van der Waals surface area contributed by atoms with Crippen LogP contribution in [-0.4, -0.2) is 35.8 Å². The van der Waals surface area contributed by atoms with Crippen LogP contribution in [0.5, 0.6) is 0 Å². The maximum Gasteiger partial charge on any atom is 0.255 e. The van der Waals surface area contributed by atoms with Gasteiger partial charge in [0.2, 0.25) is 5.91 Å². The van der Waals surface area contributed by atoms with E-state index in [1.165, 1.54) is 6.92 Å². The van der Waals surface area contributed by atoms with Crippen LogP contribution in [0.3, 0.4) is 0 Å². The first kappa shape index (κ1) is 20.0. The predicted molar refractivity (Wildman–Crippen MR) is 110 cm³/mol. The Hall–Kier alpha value is -2.78. The molecule has 0 radical (unpaired) electrons. The third kappa shape index (κ3) is 5.14. The molecular formula is C22H23N3O2S. The van der Waals surface area contributed by atoms with Gasteiger partial charge in [0.05, 0.1) is 17.2 Å². The van der Waals surface area contributed by atoms with Crippen LogP contribution in [0.15, 0.2) is 53.4 Å². The van der Waals surface area contributed by atoms with Gasteiger partial charge in [-0.15, -0.1) is 11.8 Å².